The molecule has 368 valence electrons. The highest BCUT2D eigenvalue weighted by Gasteiger charge is 2.25. The maximum Gasteiger partial charge on any atom is 0.0619 e. The fourth-order valence-electron chi connectivity index (χ4n) is 9.62. The van der Waals surface area contributed by atoms with Crippen molar-refractivity contribution in [1.82, 2.24) is 0 Å². The summed E-state index contributed by atoms with van der Waals surface area (Å²) in [6.45, 7) is 12.8. The molecule has 12 aromatic rings. The van der Waals surface area contributed by atoms with E-state index in [9.17, 15) is 0 Å². The normalized spacial score (nSPS) is 10.9. The van der Waals surface area contributed by atoms with E-state index in [1.807, 2.05) is 0 Å². The van der Waals surface area contributed by atoms with Crippen molar-refractivity contribution in [2.75, 3.05) is 15.1 Å². The van der Waals surface area contributed by atoms with Gasteiger partial charge in [0.1, 0.15) is 0 Å². The van der Waals surface area contributed by atoms with E-state index in [1.165, 1.54) is 96.8 Å². The molecule has 0 bridgehead atoms. The molecular formula is C70H59Br2N3. The molecule has 0 aliphatic heterocycles. The summed E-state index contributed by atoms with van der Waals surface area (Å²) in [4.78, 5) is 4.85. The van der Waals surface area contributed by atoms with Crippen LogP contribution in [0.25, 0.3) is 43.1 Å². The second kappa shape index (κ2) is 22.7. The maximum atomic E-state index is 3.70. The summed E-state index contributed by atoms with van der Waals surface area (Å²) >= 11 is 7.39. The molecule has 12 rings (SSSR count). The summed E-state index contributed by atoms with van der Waals surface area (Å²) in [5.74, 6) is 0. The van der Waals surface area contributed by atoms with Crippen LogP contribution in [0.2, 0.25) is 0 Å². The van der Waals surface area contributed by atoms with Crippen LogP contribution in [0.5, 0.6) is 0 Å². The standard InChI is InChI=1S/C42H36N2.C14H8Br2.C14H15N/c1-29-13-21-33(22-14-29)43(34-23-15-30(2)16-24-34)41-37-9-5-7-11-39(37)42(40-12-8-6-10-38(40)41)44(35-25-17-31(3)18-26-35)36-27-19-32(4)20-28-36;15-13-9-5-1-2-6-10(9)14(16)12-8-4-3-7-11(12)13;1-11-3-7-13(8-4-11)15-14-9-5-12(2)6-10-14/h5-28H,1-4H3;1-8H;3-10,15H,1-2H3. The number of hydrogen-bond donors (Lipinski definition) is 1. The lowest BCUT2D eigenvalue weighted by Gasteiger charge is -2.33. The fourth-order valence-corrected chi connectivity index (χ4v) is 11.0. The van der Waals surface area contributed by atoms with Crippen LogP contribution in [0, 0.1) is 41.5 Å². The van der Waals surface area contributed by atoms with Crippen LogP contribution in [0.4, 0.5) is 45.5 Å². The highest BCUT2D eigenvalue weighted by molar-refractivity contribution is 9.11. The number of benzene rings is 12. The monoisotopic (exact) mass is 1100 g/mol. The maximum absolute atomic E-state index is 3.70. The Bertz CT molecular complexity index is 3440. The number of rotatable bonds is 8. The van der Waals surface area contributed by atoms with Crippen molar-refractivity contribution in [3.05, 3.63) is 285 Å². The summed E-state index contributed by atoms with van der Waals surface area (Å²) in [6.07, 6.45) is 0. The molecule has 0 atom stereocenters. The second-order valence-electron chi connectivity index (χ2n) is 19.4. The highest BCUT2D eigenvalue weighted by atomic mass is 79.9. The average molecular weight is 1100 g/mol. The van der Waals surface area contributed by atoms with Crippen molar-refractivity contribution in [3.8, 4) is 0 Å². The number of fused-ring (bicyclic) bond motifs is 4. The summed E-state index contributed by atoms with van der Waals surface area (Å²) in [6, 6.07) is 86.8. The summed E-state index contributed by atoms with van der Waals surface area (Å²) < 4.78 is 2.34. The van der Waals surface area contributed by atoms with Crippen molar-refractivity contribution in [2.45, 2.75) is 41.5 Å². The van der Waals surface area contributed by atoms with Crippen molar-refractivity contribution < 1.29 is 0 Å². The number of aryl methyl sites for hydroxylation is 6. The summed E-state index contributed by atoms with van der Waals surface area (Å²) in [5, 5.41) is 13.1. The minimum atomic E-state index is 1.13. The number of nitrogens with zero attached hydrogens (tertiary/aromatic N) is 2. The Labute approximate surface area is 459 Å². The third-order valence-corrected chi connectivity index (χ3v) is 15.4. The first-order valence-electron chi connectivity index (χ1n) is 25.5. The fraction of sp³-hybridized carbons (Fsp3) is 0.0857. The lowest BCUT2D eigenvalue weighted by Crippen LogP contribution is -2.14. The Balaban J connectivity index is 0.000000167. The van der Waals surface area contributed by atoms with Crippen LogP contribution >= 0.6 is 31.9 Å². The smallest absolute Gasteiger partial charge is 0.0619 e. The van der Waals surface area contributed by atoms with Crippen molar-refractivity contribution in [1.29, 1.82) is 0 Å². The van der Waals surface area contributed by atoms with Crippen LogP contribution < -0.4 is 15.1 Å². The van der Waals surface area contributed by atoms with Crippen molar-refractivity contribution >= 4 is 120 Å². The zero-order valence-corrected chi connectivity index (χ0v) is 46.4. The van der Waals surface area contributed by atoms with E-state index in [-0.39, 0.29) is 0 Å². The number of hydrogen-bond acceptors (Lipinski definition) is 3. The van der Waals surface area contributed by atoms with Gasteiger partial charge < -0.3 is 15.1 Å². The molecule has 75 heavy (non-hydrogen) atoms. The molecule has 1 N–H and O–H groups in total. The van der Waals surface area contributed by atoms with Gasteiger partial charge in [0.15, 0.2) is 0 Å². The molecule has 5 heteroatoms. The van der Waals surface area contributed by atoms with E-state index in [4.69, 9.17) is 0 Å². The minimum absolute atomic E-state index is 1.13. The molecule has 0 unspecified atom stereocenters. The molecule has 0 aliphatic rings. The van der Waals surface area contributed by atoms with Gasteiger partial charge in [-0.05, 0) is 168 Å². The number of anilines is 8. The van der Waals surface area contributed by atoms with Gasteiger partial charge in [-0.3, -0.25) is 0 Å². The zero-order chi connectivity index (χ0) is 52.0. The van der Waals surface area contributed by atoms with E-state index >= 15 is 0 Å². The van der Waals surface area contributed by atoms with Gasteiger partial charge in [-0.15, -0.1) is 0 Å². The van der Waals surface area contributed by atoms with Gasteiger partial charge in [-0.1, -0.05) is 203 Å². The first-order valence-corrected chi connectivity index (χ1v) is 27.0. The Kier molecular flexibility index (Phi) is 15.3. The lowest BCUT2D eigenvalue weighted by molar-refractivity contribution is 1.28. The summed E-state index contributed by atoms with van der Waals surface area (Å²) in [5.41, 5.74) is 16.7. The second-order valence-corrected chi connectivity index (χ2v) is 21.0. The zero-order valence-electron chi connectivity index (χ0n) is 43.2. The van der Waals surface area contributed by atoms with Gasteiger partial charge in [0, 0.05) is 64.6 Å². The molecule has 0 amide bonds. The molecule has 0 fully saturated rings. The molecule has 0 spiro atoms. The molecule has 3 nitrogen and oxygen atoms in total. The van der Waals surface area contributed by atoms with Crippen molar-refractivity contribution in [2.24, 2.45) is 0 Å². The number of halogens is 2. The Hall–Kier alpha value is -7.96. The van der Waals surface area contributed by atoms with E-state index in [1.54, 1.807) is 0 Å². The van der Waals surface area contributed by atoms with E-state index in [0.29, 0.717) is 0 Å². The van der Waals surface area contributed by atoms with Crippen LogP contribution in [0.3, 0.4) is 0 Å². The Morgan fingerprint density at radius 2 is 0.427 bits per heavy atom. The van der Waals surface area contributed by atoms with Gasteiger partial charge >= 0.3 is 0 Å². The first kappa shape index (κ1) is 50.6. The van der Waals surface area contributed by atoms with Gasteiger partial charge in [-0.25, -0.2) is 0 Å². The van der Waals surface area contributed by atoms with Crippen molar-refractivity contribution in [3.63, 3.8) is 0 Å². The molecule has 0 aromatic heterocycles. The average Bonchev–Trinajstić information content (AvgIpc) is 3.45. The highest BCUT2D eigenvalue weighted by Crippen LogP contribution is 2.51. The van der Waals surface area contributed by atoms with E-state index < -0.39 is 0 Å². The topological polar surface area (TPSA) is 18.5 Å². The molecule has 0 saturated carbocycles. The van der Waals surface area contributed by atoms with E-state index in [2.05, 4.69) is 331 Å². The predicted octanol–water partition coefficient (Wildman–Crippen LogP) is 21.7. The van der Waals surface area contributed by atoms with Gasteiger partial charge in [0.2, 0.25) is 0 Å². The molecule has 0 saturated heterocycles. The summed E-state index contributed by atoms with van der Waals surface area (Å²) in [7, 11) is 0. The number of nitrogens with one attached hydrogen (secondary N) is 1. The van der Waals surface area contributed by atoms with E-state index in [0.717, 1.165) is 34.1 Å². The third kappa shape index (κ3) is 11.1. The van der Waals surface area contributed by atoms with Crippen LogP contribution in [0.15, 0.2) is 252 Å². The predicted molar refractivity (Wildman–Crippen MR) is 332 cm³/mol. The SMILES string of the molecule is Brc1c2ccccc2c(Br)c2ccccc12.Cc1ccc(N(c2ccc(C)cc2)c2c3ccccc3c(N(c3ccc(C)cc3)c3ccc(C)cc3)c3ccccc23)cc1.Cc1ccc(Nc2ccc(C)cc2)cc1. The first-order chi connectivity index (χ1) is 36.5. The Morgan fingerprint density at radius 3 is 0.640 bits per heavy atom. The molecule has 0 heterocycles. The quantitative estimate of drug-likeness (QED) is 0.121. The van der Waals surface area contributed by atoms with Gasteiger partial charge in [0.05, 0.1) is 11.4 Å². The lowest BCUT2D eigenvalue weighted by atomic mass is 9.95. The molecule has 0 radical (unpaired) electrons. The molecule has 12 aromatic carbocycles. The Morgan fingerprint density at radius 1 is 0.240 bits per heavy atom. The van der Waals surface area contributed by atoms with Crippen LogP contribution in [-0.4, -0.2) is 0 Å². The third-order valence-electron chi connectivity index (χ3n) is 13.7. The van der Waals surface area contributed by atoms with Gasteiger partial charge in [0.25, 0.3) is 0 Å². The van der Waals surface area contributed by atoms with Crippen LogP contribution in [0.1, 0.15) is 33.4 Å². The molecule has 0 aliphatic carbocycles. The van der Waals surface area contributed by atoms with Crippen LogP contribution in [-0.2, 0) is 0 Å². The van der Waals surface area contributed by atoms with Gasteiger partial charge in [-0.2, -0.15) is 0 Å². The molecular weight excluding hydrogens is 1040 g/mol. The minimum Gasteiger partial charge on any atom is -0.356 e. The largest absolute Gasteiger partial charge is 0.356 e.